The number of rotatable bonds is 0. The zero-order chi connectivity index (χ0) is 8.39. The molecule has 2 aliphatic rings. The average Bonchev–Trinajstić information content (AvgIpc) is 2.29. The van der Waals surface area contributed by atoms with Crippen molar-refractivity contribution in [3.05, 3.63) is 30.2 Å². The van der Waals surface area contributed by atoms with Crippen molar-refractivity contribution in [1.82, 2.24) is 0 Å². The van der Waals surface area contributed by atoms with E-state index in [1.165, 1.54) is 25.7 Å². The van der Waals surface area contributed by atoms with Crippen LogP contribution in [-0.2, 0) is 0 Å². The predicted molar refractivity (Wildman–Crippen MR) is 52.6 cm³/mol. The Morgan fingerprint density at radius 1 is 1.25 bits per heavy atom. The van der Waals surface area contributed by atoms with Crippen LogP contribution in [0, 0.1) is 18.3 Å². The van der Waals surface area contributed by atoms with E-state index in [9.17, 15) is 0 Å². The van der Waals surface area contributed by atoms with Gasteiger partial charge in [0, 0.05) is 0 Å². The van der Waals surface area contributed by atoms with Gasteiger partial charge in [0.15, 0.2) is 0 Å². The third-order valence-corrected chi connectivity index (χ3v) is 3.16. The Morgan fingerprint density at radius 3 is 3.08 bits per heavy atom. The van der Waals surface area contributed by atoms with Gasteiger partial charge in [-0.25, -0.2) is 0 Å². The fourth-order valence-corrected chi connectivity index (χ4v) is 2.38. The van der Waals surface area contributed by atoms with Gasteiger partial charge in [-0.1, -0.05) is 43.6 Å². The highest BCUT2D eigenvalue weighted by atomic mass is 14.3. The molecule has 1 saturated carbocycles. The van der Waals surface area contributed by atoms with E-state index in [-0.39, 0.29) is 0 Å². The highest BCUT2D eigenvalue weighted by Gasteiger charge is 2.23. The van der Waals surface area contributed by atoms with Gasteiger partial charge in [0.1, 0.15) is 0 Å². The Kier molecular flexibility index (Phi) is 2.34. The second-order valence-electron chi connectivity index (χ2n) is 4.07. The summed E-state index contributed by atoms with van der Waals surface area (Å²) < 4.78 is 0. The minimum Gasteiger partial charge on any atom is -0.0802 e. The first-order valence-electron chi connectivity index (χ1n) is 5.08. The lowest BCUT2D eigenvalue weighted by Crippen LogP contribution is -2.13. The van der Waals surface area contributed by atoms with Crippen molar-refractivity contribution >= 4 is 0 Å². The van der Waals surface area contributed by atoms with E-state index >= 15 is 0 Å². The van der Waals surface area contributed by atoms with Crippen molar-refractivity contribution in [3.63, 3.8) is 0 Å². The van der Waals surface area contributed by atoms with Gasteiger partial charge in [0.05, 0.1) is 0 Å². The number of hydrogen-bond acceptors (Lipinski definition) is 0. The van der Waals surface area contributed by atoms with Crippen molar-refractivity contribution in [1.29, 1.82) is 0 Å². The molecule has 2 aliphatic carbocycles. The van der Waals surface area contributed by atoms with Crippen LogP contribution in [0.1, 0.15) is 32.6 Å². The zero-order valence-corrected chi connectivity index (χ0v) is 7.79. The van der Waals surface area contributed by atoms with Crippen molar-refractivity contribution in [3.8, 4) is 0 Å². The van der Waals surface area contributed by atoms with Crippen LogP contribution >= 0.6 is 0 Å². The molecule has 12 heavy (non-hydrogen) atoms. The van der Waals surface area contributed by atoms with Crippen LogP contribution in [0.25, 0.3) is 0 Å². The smallest absolute Gasteiger partial charge is 0.00931 e. The van der Waals surface area contributed by atoms with Crippen molar-refractivity contribution in [2.24, 2.45) is 11.8 Å². The van der Waals surface area contributed by atoms with Crippen LogP contribution in [0.2, 0.25) is 0 Å². The Balaban J connectivity index is 2.17. The van der Waals surface area contributed by atoms with Crippen molar-refractivity contribution in [2.75, 3.05) is 0 Å². The molecule has 0 heteroatoms. The number of allylic oxidation sites excluding steroid dienone is 4. The zero-order valence-electron chi connectivity index (χ0n) is 7.79. The van der Waals surface area contributed by atoms with Gasteiger partial charge in [-0.15, -0.1) is 0 Å². The van der Waals surface area contributed by atoms with Gasteiger partial charge in [0.2, 0.25) is 0 Å². The molecule has 0 N–H and O–H groups in total. The van der Waals surface area contributed by atoms with Crippen LogP contribution < -0.4 is 0 Å². The summed E-state index contributed by atoms with van der Waals surface area (Å²) in [4.78, 5) is 0. The van der Waals surface area contributed by atoms with E-state index < -0.39 is 0 Å². The maximum absolute atomic E-state index is 2.39. The topological polar surface area (TPSA) is 0 Å². The monoisotopic (exact) mass is 161 g/mol. The van der Waals surface area contributed by atoms with E-state index in [1.807, 2.05) is 0 Å². The summed E-state index contributed by atoms with van der Waals surface area (Å²) in [5, 5.41) is 0. The molecule has 2 unspecified atom stereocenters. The van der Waals surface area contributed by atoms with Gasteiger partial charge in [-0.05, 0) is 31.1 Å². The van der Waals surface area contributed by atoms with Crippen molar-refractivity contribution < 1.29 is 0 Å². The average molecular weight is 161 g/mol. The number of fused-ring (bicyclic) bond motifs is 1. The number of hydrogen-bond donors (Lipinski definition) is 0. The lowest BCUT2D eigenvalue weighted by atomic mass is 9.81. The largest absolute Gasteiger partial charge is 0.0802 e. The SMILES string of the molecule is CC1CCCCC2=CC=C[CH]C21. The Labute approximate surface area is 75.4 Å². The first-order valence-corrected chi connectivity index (χ1v) is 5.08. The molecule has 1 fully saturated rings. The molecule has 0 bridgehead atoms. The fraction of sp³-hybridized carbons (Fsp3) is 0.583. The molecule has 2 rings (SSSR count). The van der Waals surface area contributed by atoms with E-state index in [0.717, 1.165) is 11.8 Å². The lowest BCUT2D eigenvalue weighted by Gasteiger charge is -2.24. The third kappa shape index (κ3) is 1.48. The second-order valence-corrected chi connectivity index (χ2v) is 4.07. The van der Waals surface area contributed by atoms with E-state index in [2.05, 4.69) is 31.6 Å². The maximum atomic E-state index is 2.39. The van der Waals surface area contributed by atoms with Crippen LogP contribution in [0.5, 0.6) is 0 Å². The highest BCUT2D eigenvalue weighted by Crippen LogP contribution is 2.36. The first kappa shape index (κ1) is 8.10. The predicted octanol–water partition coefficient (Wildman–Crippen LogP) is 3.51. The van der Waals surface area contributed by atoms with Gasteiger partial charge in [-0.2, -0.15) is 0 Å². The molecule has 0 spiro atoms. The lowest BCUT2D eigenvalue weighted by molar-refractivity contribution is 0.439. The molecular formula is C12H17. The van der Waals surface area contributed by atoms with Gasteiger partial charge in [0.25, 0.3) is 0 Å². The molecule has 0 aromatic carbocycles. The molecule has 0 saturated heterocycles. The molecule has 0 aromatic rings. The third-order valence-electron chi connectivity index (χ3n) is 3.16. The summed E-state index contributed by atoms with van der Waals surface area (Å²) in [5.41, 5.74) is 1.67. The van der Waals surface area contributed by atoms with Crippen LogP contribution in [0.4, 0.5) is 0 Å². The van der Waals surface area contributed by atoms with E-state index in [4.69, 9.17) is 0 Å². The normalized spacial score (nSPS) is 35.2. The first-order chi connectivity index (χ1) is 5.88. The second kappa shape index (κ2) is 3.47. The molecule has 0 aromatic heterocycles. The van der Waals surface area contributed by atoms with Crippen LogP contribution in [-0.4, -0.2) is 0 Å². The van der Waals surface area contributed by atoms with Gasteiger partial charge >= 0.3 is 0 Å². The minimum absolute atomic E-state index is 0.762. The molecule has 0 aliphatic heterocycles. The molecule has 0 nitrogen and oxygen atoms in total. The summed E-state index contributed by atoms with van der Waals surface area (Å²) in [6, 6.07) is 0. The summed E-state index contributed by atoms with van der Waals surface area (Å²) in [6.07, 6.45) is 14.6. The molecular weight excluding hydrogens is 144 g/mol. The van der Waals surface area contributed by atoms with Crippen LogP contribution in [0.3, 0.4) is 0 Å². The van der Waals surface area contributed by atoms with Crippen molar-refractivity contribution in [2.45, 2.75) is 32.6 Å². The molecule has 2 atom stereocenters. The van der Waals surface area contributed by atoms with Gasteiger partial charge < -0.3 is 0 Å². The molecule has 65 valence electrons. The molecule has 0 heterocycles. The van der Waals surface area contributed by atoms with Gasteiger partial charge in [-0.3, -0.25) is 0 Å². The fourth-order valence-electron chi connectivity index (χ4n) is 2.38. The minimum atomic E-state index is 0.762. The maximum Gasteiger partial charge on any atom is -0.00931 e. The Bertz CT molecular complexity index is 210. The molecule has 1 radical (unpaired) electrons. The Morgan fingerprint density at radius 2 is 2.17 bits per heavy atom. The van der Waals surface area contributed by atoms with E-state index in [0.29, 0.717) is 0 Å². The summed E-state index contributed by atoms with van der Waals surface area (Å²) in [6.45, 7) is 2.39. The Hall–Kier alpha value is -0.520. The summed E-state index contributed by atoms with van der Waals surface area (Å²) in [5.74, 6) is 1.63. The quantitative estimate of drug-likeness (QED) is 0.510. The standard InChI is InChI=1S/C12H17/c1-10-6-2-3-7-11-8-4-5-9-12(10)11/h4-5,8-10,12H,2-3,6-7H2,1H3. The molecule has 0 amide bonds. The van der Waals surface area contributed by atoms with E-state index in [1.54, 1.807) is 5.57 Å². The summed E-state index contributed by atoms with van der Waals surface area (Å²) in [7, 11) is 0. The van der Waals surface area contributed by atoms with Crippen LogP contribution in [0.15, 0.2) is 23.8 Å². The summed E-state index contributed by atoms with van der Waals surface area (Å²) >= 11 is 0. The highest BCUT2D eigenvalue weighted by molar-refractivity contribution is 5.28.